The zero-order valence-corrected chi connectivity index (χ0v) is 12.8. The second-order valence-corrected chi connectivity index (χ2v) is 5.33. The molecular formula is C21H18O. The van der Waals surface area contributed by atoms with Crippen molar-refractivity contribution in [1.82, 2.24) is 0 Å². The molecule has 0 saturated carbocycles. The summed E-state index contributed by atoms with van der Waals surface area (Å²) in [7, 11) is 1.69. The second-order valence-electron chi connectivity index (χ2n) is 5.33. The van der Waals surface area contributed by atoms with Crippen molar-refractivity contribution in [2.45, 2.75) is 12.8 Å². The van der Waals surface area contributed by atoms with Crippen molar-refractivity contribution >= 4 is 10.8 Å². The molecule has 0 amide bonds. The third-order valence-electron chi connectivity index (χ3n) is 3.78. The van der Waals surface area contributed by atoms with Crippen LogP contribution in [0.2, 0.25) is 0 Å². The lowest BCUT2D eigenvalue weighted by Gasteiger charge is -2.08. The van der Waals surface area contributed by atoms with Crippen LogP contribution in [0, 0.1) is 11.8 Å². The van der Waals surface area contributed by atoms with E-state index >= 15 is 0 Å². The molecule has 1 nitrogen and oxygen atoms in total. The monoisotopic (exact) mass is 286 g/mol. The molecule has 3 rings (SSSR count). The van der Waals surface area contributed by atoms with Crippen molar-refractivity contribution in [3.8, 4) is 17.6 Å². The lowest BCUT2D eigenvalue weighted by molar-refractivity contribution is 0.415. The summed E-state index contributed by atoms with van der Waals surface area (Å²) in [6.07, 6.45) is 0. The van der Waals surface area contributed by atoms with Crippen molar-refractivity contribution in [2.24, 2.45) is 0 Å². The molecule has 22 heavy (non-hydrogen) atoms. The third-order valence-corrected chi connectivity index (χ3v) is 3.78. The minimum absolute atomic E-state index is 0.201. The highest BCUT2D eigenvalue weighted by atomic mass is 16.5. The van der Waals surface area contributed by atoms with Gasteiger partial charge in [0.1, 0.15) is 5.75 Å². The molecule has 0 aromatic heterocycles. The summed E-state index contributed by atoms with van der Waals surface area (Å²) in [6, 6.07) is 22.7. The molecule has 3 aromatic rings. The van der Waals surface area contributed by atoms with Gasteiger partial charge in [0, 0.05) is 11.5 Å². The quantitative estimate of drug-likeness (QED) is 0.602. The molecule has 0 N–H and O–H groups in total. The predicted octanol–water partition coefficient (Wildman–Crippen LogP) is 5.00. The van der Waals surface area contributed by atoms with Crippen molar-refractivity contribution in [3.05, 3.63) is 77.9 Å². The summed E-state index contributed by atoms with van der Waals surface area (Å²) in [5.74, 6) is 7.65. The zero-order valence-electron chi connectivity index (χ0n) is 12.8. The molecule has 0 heterocycles. The fourth-order valence-corrected chi connectivity index (χ4v) is 2.44. The topological polar surface area (TPSA) is 9.23 Å². The summed E-state index contributed by atoms with van der Waals surface area (Å²) in [6.45, 7) is 2.14. The van der Waals surface area contributed by atoms with Crippen LogP contribution in [0.1, 0.15) is 24.0 Å². The Bertz CT molecular complexity index is 838. The molecule has 1 unspecified atom stereocenters. The second kappa shape index (κ2) is 6.37. The van der Waals surface area contributed by atoms with Crippen LogP contribution in [0.3, 0.4) is 0 Å². The van der Waals surface area contributed by atoms with Gasteiger partial charge >= 0.3 is 0 Å². The van der Waals surface area contributed by atoms with Gasteiger partial charge in [0.05, 0.1) is 7.11 Å². The van der Waals surface area contributed by atoms with Gasteiger partial charge in [0.15, 0.2) is 0 Å². The van der Waals surface area contributed by atoms with Gasteiger partial charge in [-0.1, -0.05) is 48.2 Å². The Hall–Kier alpha value is -2.72. The number of rotatable bonds is 2. The molecule has 0 spiro atoms. The maximum atomic E-state index is 5.27. The number of hydrogen-bond donors (Lipinski definition) is 0. The average molecular weight is 286 g/mol. The number of methoxy groups -OCH3 is 1. The third kappa shape index (κ3) is 3.13. The van der Waals surface area contributed by atoms with Crippen LogP contribution in [0.25, 0.3) is 10.8 Å². The summed E-state index contributed by atoms with van der Waals surface area (Å²) in [5, 5.41) is 2.40. The first kappa shape index (κ1) is 14.2. The van der Waals surface area contributed by atoms with Gasteiger partial charge in [-0.3, -0.25) is 0 Å². The van der Waals surface area contributed by atoms with E-state index in [2.05, 4.69) is 49.1 Å². The zero-order chi connectivity index (χ0) is 15.4. The van der Waals surface area contributed by atoms with Gasteiger partial charge in [0.25, 0.3) is 0 Å². The maximum Gasteiger partial charge on any atom is 0.119 e. The molecule has 1 heteroatoms. The highest BCUT2D eigenvalue weighted by Gasteiger charge is 2.04. The predicted molar refractivity (Wildman–Crippen MR) is 92.2 cm³/mol. The van der Waals surface area contributed by atoms with E-state index in [0.29, 0.717) is 0 Å². The Balaban J connectivity index is 1.88. The van der Waals surface area contributed by atoms with Gasteiger partial charge in [-0.25, -0.2) is 0 Å². The molecule has 108 valence electrons. The lowest BCUT2D eigenvalue weighted by Crippen LogP contribution is -1.90. The van der Waals surface area contributed by atoms with E-state index in [0.717, 1.165) is 11.3 Å². The summed E-state index contributed by atoms with van der Waals surface area (Å²) in [4.78, 5) is 0. The molecule has 0 fully saturated rings. The molecule has 0 bridgehead atoms. The van der Waals surface area contributed by atoms with E-state index in [1.807, 2.05) is 36.4 Å². The van der Waals surface area contributed by atoms with Gasteiger partial charge in [-0.05, 0) is 53.6 Å². The molecule has 0 aliphatic rings. The van der Waals surface area contributed by atoms with Gasteiger partial charge in [0.2, 0.25) is 0 Å². The van der Waals surface area contributed by atoms with Crippen molar-refractivity contribution in [3.63, 3.8) is 0 Å². The molecule has 1 atom stereocenters. The van der Waals surface area contributed by atoms with E-state index < -0.39 is 0 Å². The van der Waals surface area contributed by atoms with Crippen LogP contribution < -0.4 is 4.74 Å². The van der Waals surface area contributed by atoms with E-state index in [1.54, 1.807) is 7.11 Å². The smallest absolute Gasteiger partial charge is 0.119 e. The van der Waals surface area contributed by atoms with Crippen LogP contribution in [-0.2, 0) is 0 Å². The Labute approximate surface area is 131 Å². The molecule has 0 aliphatic carbocycles. The summed E-state index contributed by atoms with van der Waals surface area (Å²) < 4.78 is 5.27. The Kier molecular flexibility index (Phi) is 4.12. The average Bonchev–Trinajstić information content (AvgIpc) is 2.59. The molecular weight excluding hydrogens is 268 g/mol. The first-order chi connectivity index (χ1) is 10.8. The van der Waals surface area contributed by atoms with Crippen LogP contribution >= 0.6 is 0 Å². The van der Waals surface area contributed by atoms with E-state index in [4.69, 9.17) is 4.74 Å². The van der Waals surface area contributed by atoms with Crippen LogP contribution in [0.4, 0.5) is 0 Å². The first-order valence-electron chi connectivity index (χ1n) is 7.40. The van der Waals surface area contributed by atoms with Gasteiger partial charge < -0.3 is 4.74 Å². The van der Waals surface area contributed by atoms with Crippen LogP contribution in [0.15, 0.2) is 66.7 Å². The minimum Gasteiger partial charge on any atom is -0.497 e. The van der Waals surface area contributed by atoms with Crippen molar-refractivity contribution in [2.75, 3.05) is 7.11 Å². The fourth-order valence-electron chi connectivity index (χ4n) is 2.44. The number of fused-ring (bicyclic) bond motifs is 1. The maximum absolute atomic E-state index is 5.27. The normalized spacial score (nSPS) is 11.5. The van der Waals surface area contributed by atoms with Crippen LogP contribution in [-0.4, -0.2) is 7.11 Å². The summed E-state index contributed by atoms with van der Waals surface area (Å²) >= 11 is 0. The Morgan fingerprint density at radius 1 is 0.864 bits per heavy atom. The van der Waals surface area contributed by atoms with Gasteiger partial charge in [-0.15, -0.1) is 0 Å². The molecule has 0 radical (unpaired) electrons. The minimum atomic E-state index is 0.201. The highest BCUT2D eigenvalue weighted by Crippen LogP contribution is 2.24. The fraction of sp³-hybridized carbons (Fsp3) is 0.143. The number of ether oxygens (including phenoxy) is 1. The lowest BCUT2D eigenvalue weighted by atomic mass is 9.98. The standard InChI is InChI=1S/C21H18O/c1-16(8-9-17-6-4-3-5-7-17)18-10-11-20-15-21(22-2)13-12-19(20)14-18/h3-7,10-16H,1-2H3. The molecule has 3 aromatic carbocycles. The molecule has 0 aliphatic heterocycles. The highest BCUT2D eigenvalue weighted by molar-refractivity contribution is 5.84. The first-order valence-corrected chi connectivity index (χ1v) is 7.40. The molecule has 0 saturated heterocycles. The van der Waals surface area contributed by atoms with Crippen LogP contribution in [0.5, 0.6) is 5.75 Å². The van der Waals surface area contributed by atoms with Crippen molar-refractivity contribution < 1.29 is 4.74 Å². The Morgan fingerprint density at radius 3 is 2.36 bits per heavy atom. The summed E-state index contributed by atoms with van der Waals surface area (Å²) in [5.41, 5.74) is 2.29. The largest absolute Gasteiger partial charge is 0.497 e. The van der Waals surface area contributed by atoms with E-state index in [-0.39, 0.29) is 5.92 Å². The number of benzene rings is 3. The Morgan fingerprint density at radius 2 is 1.59 bits per heavy atom. The van der Waals surface area contributed by atoms with E-state index in [9.17, 15) is 0 Å². The van der Waals surface area contributed by atoms with Crippen molar-refractivity contribution in [1.29, 1.82) is 0 Å². The number of hydrogen-bond acceptors (Lipinski definition) is 1. The SMILES string of the molecule is COc1ccc2cc(C(C)C#Cc3ccccc3)ccc2c1. The van der Waals surface area contributed by atoms with Gasteiger partial charge in [-0.2, -0.15) is 0 Å². The van der Waals surface area contributed by atoms with E-state index in [1.165, 1.54) is 16.3 Å².